The Kier molecular flexibility index (Phi) is 4.09. The van der Waals surface area contributed by atoms with Gasteiger partial charge in [-0.1, -0.05) is 36.4 Å². The van der Waals surface area contributed by atoms with Crippen molar-refractivity contribution >= 4 is 30.1 Å². The number of benzene rings is 2. The van der Waals surface area contributed by atoms with Crippen molar-refractivity contribution in [2.45, 2.75) is 0 Å². The van der Waals surface area contributed by atoms with Gasteiger partial charge < -0.3 is 15.1 Å². The van der Waals surface area contributed by atoms with Crippen LogP contribution in [0.1, 0.15) is 0 Å². The highest BCUT2D eigenvalue weighted by atomic mass is 31.2. The summed E-state index contributed by atoms with van der Waals surface area (Å²) in [5.41, 5.74) is 3.30. The first-order valence-electron chi connectivity index (χ1n) is 7.98. The zero-order valence-electron chi connectivity index (χ0n) is 13.6. The van der Waals surface area contributed by atoms with E-state index in [4.69, 9.17) is 4.98 Å². The van der Waals surface area contributed by atoms with Crippen LogP contribution in [0, 0.1) is 0 Å². The number of hydrogen-bond acceptors (Lipinski definition) is 3. The van der Waals surface area contributed by atoms with Gasteiger partial charge in [-0.3, -0.25) is 8.97 Å². The van der Waals surface area contributed by atoms with E-state index in [0.717, 1.165) is 22.7 Å². The van der Waals surface area contributed by atoms with E-state index in [1.54, 1.807) is 12.1 Å². The summed E-state index contributed by atoms with van der Waals surface area (Å²) < 4.78 is 13.3. The third-order valence-corrected chi connectivity index (χ3v) is 5.01. The molecule has 0 bridgehead atoms. The second-order valence-electron chi connectivity index (χ2n) is 5.82. The van der Waals surface area contributed by atoms with Gasteiger partial charge in [0, 0.05) is 17.4 Å². The van der Waals surface area contributed by atoms with E-state index in [-0.39, 0.29) is 5.30 Å². The lowest BCUT2D eigenvalue weighted by molar-refractivity contribution is 0.387. The van der Waals surface area contributed by atoms with Crippen molar-refractivity contribution in [2.75, 3.05) is 5.32 Å². The van der Waals surface area contributed by atoms with Crippen molar-refractivity contribution in [2.24, 2.45) is 0 Å². The third kappa shape index (κ3) is 3.13. The molecule has 0 saturated heterocycles. The average Bonchev–Trinajstić information content (AvgIpc) is 3.01. The van der Waals surface area contributed by atoms with Gasteiger partial charge in [-0.05, 0) is 36.4 Å². The largest absolute Gasteiger partial charge is 0.356 e. The molecular weight excluding hydrogens is 349 g/mol. The average molecular weight is 365 g/mol. The van der Waals surface area contributed by atoms with Gasteiger partial charge in [-0.25, -0.2) is 4.98 Å². The van der Waals surface area contributed by atoms with Crippen molar-refractivity contribution in [3.05, 3.63) is 79.0 Å². The lowest BCUT2D eigenvalue weighted by Gasteiger charge is -2.10. The monoisotopic (exact) mass is 365 g/mol. The second kappa shape index (κ2) is 6.42. The van der Waals surface area contributed by atoms with Crippen molar-refractivity contribution < 1.29 is 14.4 Å². The number of nitrogens with one attached hydrogen (secondary N) is 1. The normalized spacial score (nSPS) is 11.6. The summed E-state index contributed by atoms with van der Waals surface area (Å²) in [4.78, 5) is 23.2. The number of fused-ring (bicyclic) bond motifs is 1. The molecule has 26 heavy (non-hydrogen) atoms. The van der Waals surface area contributed by atoms with Gasteiger partial charge in [0.1, 0.15) is 17.2 Å². The Bertz CT molecular complexity index is 1100. The number of aromatic nitrogens is 2. The van der Waals surface area contributed by atoms with Crippen LogP contribution in [0.4, 0.5) is 11.5 Å². The standard InChI is InChI=1S/C19H16N3O3P/c23-26(24,25)16-11-9-15(10-12-16)20-19-18(14-6-2-1-3-7-14)21-17-8-4-5-13-22(17)19/h1-13,20H,(H2,23,24,25). The van der Waals surface area contributed by atoms with Crippen LogP contribution in [0.5, 0.6) is 0 Å². The fourth-order valence-electron chi connectivity index (χ4n) is 2.79. The molecule has 0 aliphatic rings. The number of imidazole rings is 1. The van der Waals surface area contributed by atoms with Crippen molar-refractivity contribution in [3.8, 4) is 11.3 Å². The highest BCUT2D eigenvalue weighted by Crippen LogP contribution is 2.34. The lowest BCUT2D eigenvalue weighted by atomic mass is 10.1. The Hall–Kier alpha value is -2.92. The first-order valence-corrected chi connectivity index (χ1v) is 9.59. The SMILES string of the molecule is O=P(O)(O)c1ccc(Nc2c(-c3ccccc3)nc3ccccn23)cc1. The lowest BCUT2D eigenvalue weighted by Crippen LogP contribution is -2.04. The molecule has 4 aromatic rings. The summed E-state index contributed by atoms with van der Waals surface area (Å²) >= 11 is 0. The molecule has 2 aromatic heterocycles. The topological polar surface area (TPSA) is 86.9 Å². The number of rotatable bonds is 4. The number of nitrogens with zero attached hydrogens (tertiary/aromatic N) is 2. The van der Waals surface area contributed by atoms with Gasteiger partial charge in [-0.15, -0.1) is 0 Å². The number of hydrogen-bond donors (Lipinski definition) is 3. The van der Waals surface area contributed by atoms with E-state index < -0.39 is 7.60 Å². The van der Waals surface area contributed by atoms with Crippen LogP contribution in [-0.4, -0.2) is 19.2 Å². The number of pyridine rings is 1. The van der Waals surface area contributed by atoms with Crippen molar-refractivity contribution in [1.29, 1.82) is 0 Å². The van der Waals surface area contributed by atoms with Crippen LogP contribution in [0.2, 0.25) is 0 Å². The third-order valence-electron chi connectivity index (χ3n) is 4.04. The Morgan fingerprint density at radius 3 is 2.27 bits per heavy atom. The van der Waals surface area contributed by atoms with E-state index in [1.807, 2.05) is 59.1 Å². The van der Waals surface area contributed by atoms with Gasteiger partial charge in [0.15, 0.2) is 0 Å². The van der Waals surface area contributed by atoms with E-state index in [1.165, 1.54) is 12.1 Å². The van der Waals surface area contributed by atoms with Crippen LogP contribution in [0.15, 0.2) is 79.0 Å². The fourth-order valence-corrected chi connectivity index (χ4v) is 3.33. The Morgan fingerprint density at radius 2 is 1.58 bits per heavy atom. The smallest absolute Gasteiger partial charge is 0.339 e. The number of anilines is 2. The molecule has 7 heteroatoms. The van der Waals surface area contributed by atoms with Crippen LogP contribution in [-0.2, 0) is 4.57 Å². The maximum Gasteiger partial charge on any atom is 0.356 e. The minimum absolute atomic E-state index is 0.00975. The van der Waals surface area contributed by atoms with Gasteiger partial charge >= 0.3 is 7.60 Å². The first-order chi connectivity index (χ1) is 12.5. The van der Waals surface area contributed by atoms with Crippen molar-refractivity contribution in [3.63, 3.8) is 0 Å². The predicted octanol–water partition coefficient (Wildman–Crippen LogP) is 3.55. The molecule has 0 aliphatic carbocycles. The molecule has 130 valence electrons. The highest BCUT2D eigenvalue weighted by Gasteiger charge is 2.17. The summed E-state index contributed by atoms with van der Waals surface area (Å²) in [6.07, 6.45) is 1.92. The van der Waals surface area contributed by atoms with Crippen LogP contribution < -0.4 is 10.6 Å². The molecular formula is C19H16N3O3P. The molecule has 2 aromatic carbocycles. The predicted molar refractivity (Wildman–Crippen MR) is 102 cm³/mol. The summed E-state index contributed by atoms with van der Waals surface area (Å²) in [6.45, 7) is 0. The maximum absolute atomic E-state index is 11.3. The summed E-state index contributed by atoms with van der Waals surface area (Å²) in [7, 11) is -4.25. The quantitative estimate of drug-likeness (QED) is 0.482. The Labute approximate surface area is 149 Å². The summed E-state index contributed by atoms with van der Waals surface area (Å²) in [5.74, 6) is 0.788. The van der Waals surface area contributed by atoms with Gasteiger partial charge in [-0.2, -0.15) is 0 Å². The van der Waals surface area contributed by atoms with E-state index >= 15 is 0 Å². The molecule has 0 unspecified atom stereocenters. The molecule has 2 heterocycles. The van der Waals surface area contributed by atoms with Crippen LogP contribution in [0.3, 0.4) is 0 Å². The zero-order chi connectivity index (χ0) is 18.1. The molecule has 4 rings (SSSR count). The minimum Gasteiger partial charge on any atom is -0.339 e. The molecule has 0 atom stereocenters. The Balaban J connectivity index is 1.79. The molecule has 0 spiro atoms. The van der Waals surface area contributed by atoms with Gasteiger partial charge in [0.05, 0.1) is 5.30 Å². The molecule has 3 N–H and O–H groups in total. The molecule has 0 aliphatic heterocycles. The molecule has 0 amide bonds. The summed E-state index contributed by atoms with van der Waals surface area (Å²) in [5, 5.41) is 3.31. The van der Waals surface area contributed by atoms with Crippen molar-refractivity contribution in [1.82, 2.24) is 9.38 Å². The first kappa shape index (κ1) is 16.5. The molecule has 0 fully saturated rings. The van der Waals surface area contributed by atoms with E-state index in [0.29, 0.717) is 5.69 Å². The second-order valence-corrected chi connectivity index (χ2v) is 7.42. The maximum atomic E-state index is 11.3. The summed E-state index contributed by atoms with van der Waals surface area (Å²) in [6, 6.07) is 21.8. The van der Waals surface area contributed by atoms with E-state index in [2.05, 4.69) is 5.32 Å². The van der Waals surface area contributed by atoms with Gasteiger partial charge in [0.2, 0.25) is 0 Å². The molecule has 0 radical (unpaired) electrons. The fraction of sp³-hybridized carbons (Fsp3) is 0. The van der Waals surface area contributed by atoms with Crippen LogP contribution >= 0.6 is 7.60 Å². The zero-order valence-corrected chi connectivity index (χ0v) is 14.5. The van der Waals surface area contributed by atoms with E-state index in [9.17, 15) is 14.4 Å². The molecule has 6 nitrogen and oxygen atoms in total. The van der Waals surface area contributed by atoms with Crippen LogP contribution in [0.25, 0.3) is 16.9 Å². The molecule has 0 saturated carbocycles. The highest BCUT2D eigenvalue weighted by molar-refractivity contribution is 7.60. The van der Waals surface area contributed by atoms with Gasteiger partial charge in [0.25, 0.3) is 0 Å². The minimum atomic E-state index is -4.25. The Morgan fingerprint density at radius 1 is 0.885 bits per heavy atom.